The van der Waals surface area contributed by atoms with E-state index >= 15 is 0 Å². The molecule has 30 heavy (non-hydrogen) atoms. The zero-order chi connectivity index (χ0) is 21.1. The molecule has 0 spiro atoms. The maximum atomic E-state index is 6.05. The van der Waals surface area contributed by atoms with E-state index in [-0.39, 0.29) is 0 Å². The van der Waals surface area contributed by atoms with Crippen molar-refractivity contribution in [2.75, 3.05) is 0 Å². The maximum Gasteiger partial charge on any atom is 0.273 e. The van der Waals surface area contributed by atoms with Gasteiger partial charge in [0.1, 0.15) is 12.4 Å². The fourth-order valence-corrected chi connectivity index (χ4v) is 3.43. The molecule has 0 N–H and O–H groups in total. The van der Waals surface area contributed by atoms with E-state index in [9.17, 15) is 0 Å². The SMILES string of the molecule is Cc1cc(C)n(-c2nnc(C)n2/N=C/c2cc(Br)ccc2OCc2ccccc2)n1. The highest BCUT2D eigenvalue weighted by Crippen LogP contribution is 2.23. The molecule has 0 fully saturated rings. The van der Waals surface area contributed by atoms with E-state index in [1.807, 2.05) is 75.4 Å². The van der Waals surface area contributed by atoms with E-state index in [4.69, 9.17) is 4.74 Å². The fraction of sp³-hybridized carbons (Fsp3) is 0.182. The molecular formula is C22H21BrN6O. The Morgan fingerprint density at radius 3 is 2.57 bits per heavy atom. The lowest BCUT2D eigenvalue weighted by molar-refractivity contribution is 0.305. The summed E-state index contributed by atoms with van der Waals surface area (Å²) in [7, 11) is 0. The molecule has 4 aromatic rings. The third-order valence-corrected chi connectivity index (χ3v) is 4.99. The Kier molecular flexibility index (Phi) is 5.76. The second kappa shape index (κ2) is 8.62. The number of aromatic nitrogens is 5. The van der Waals surface area contributed by atoms with Gasteiger partial charge in [-0.15, -0.1) is 10.2 Å². The lowest BCUT2D eigenvalue weighted by Gasteiger charge is -2.10. The number of hydrogen-bond acceptors (Lipinski definition) is 5. The molecule has 0 atom stereocenters. The molecule has 0 aliphatic heterocycles. The number of ether oxygens (including phenoxy) is 1. The standard InChI is InChI=1S/C22H21BrN6O/c1-15-11-16(2)28(27-15)22-26-25-17(3)29(22)24-13-19-12-20(23)9-10-21(19)30-14-18-7-5-4-6-8-18/h4-13H,14H2,1-3H3/b24-13+. The summed E-state index contributed by atoms with van der Waals surface area (Å²) >= 11 is 3.53. The second-order valence-corrected chi connectivity index (χ2v) is 7.81. The van der Waals surface area contributed by atoms with Crippen LogP contribution < -0.4 is 4.74 Å². The summed E-state index contributed by atoms with van der Waals surface area (Å²) in [6.45, 7) is 6.25. The normalized spacial score (nSPS) is 11.3. The first-order valence-corrected chi connectivity index (χ1v) is 10.3. The van der Waals surface area contributed by atoms with Crippen LogP contribution >= 0.6 is 15.9 Å². The number of aryl methyl sites for hydroxylation is 3. The average molecular weight is 465 g/mol. The minimum atomic E-state index is 0.478. The summed E-state index contributed by atoms with van der Waals surface area (Å²) < 4.78 is 10.4. The van der Waals surface area contributed by atoms with Gasteiger partial charge in [0.2, 0.25) is 0 Å². The quantitative estimate of drug-likeness (QED) is 0.390. The molecule has 4 rings (SSSR count). The molecule has 0 saturated heterocycles. The third-order valence-electron chi connectivity index (χ3n) is 4.50. The molecule has 0 aliphatic rings. The van der Waals surface area contributed by atoms with E-state index in [0.29, 0.717) is 18.4 Å². The van der Waals surface area contributed by atoms with Crippen molar-refractivity contribution in [2.45, 2.75) is 27.4 Å². The fourth-order valence-electron chi connectivity index (χ4n) is 3.05. The van der Waals surface area contributed by atoms with Crippen LogP contribution in [0.25, 0.3) is 5.95 Å². The Balaban J connectivity index is 1.64. The Bertz CT molecular complexity index is 1200. The highest BCUT2D eigenvalue weighted by atomic mass is 79.9. The third kappa shape index (κ3) is 4.33. The summed E-state index contributed by atoms with van der Waals surface area (Å²) in [4.78, 5) is 0. The number of benzene rings is 2. The molecule has 0 amide bonds. The molecule has 2 aromatic heterocycles. The van der Waals surface area contributed by atoms with E-state index in [0.717, 1.165) is 32.7 Å². The number of nitrogens with zero attached hydrogens (tertiary/aromatic N) is 6. The number of hydrogen-bond donors (Lipinski definition) is 0. The first-order valence-electron chi connectivity index (χ1n) is 9.47. The summed E-state index contributed by atoms with van der Waals surface area (Å²) in [6.07, 6.45) is 1.75. The van der Waals surface area contributed by atoms with Crippen molar-refractivity contribution in [1.82, 2.24) is 24.7 Å². The van der Waals surface area contributed by atoms with E-state index in [2.05, 4.69) is 36.3 Å². The van der Waals surface area contributed by atoms with E-state index < -0.39 is 0 Å². The van der Waals surface area contributed by atoms with Crippen LogP contribution in [0.15, 0.2) is 64.2 Å². The highest BCUT2D eigenvalue weighted by molar-refractivity contribution is 9.10. The van der Waals surface area contributed by atoms with Gasteiger partial charge in [0.05, 0.1) is 11.9 Å². The molecule has 0 bridgehead atoms. The van der Waals surface area contributed by atoms with E-state index in [1.54, 1.807) is 15.6 Å². The maximum absolute atomic E-state index is 6.05. The Morgan fingerprint density at radius 1 is 1.03 bits per heavy atom. The van der Waals surface area contributed by atoms with Gasteiger partial charge in [-0.3, -0.25) is 0 Å². The highest BCUT2D eigenvalue weighted by Gasteiger charge is 2.14. The molecule has 0 aliphatic carbocycles. The molecule has 0 unspecified atom stereocenters. The van der Waals surface area contributed by atoms with Crippen LogP contribution in [0, 0.1) is 20.8 Å². The van der Waals surface area contributed by atoms with E-state index in [1.165, 1.54) is 0 Å². The zero-order valence-corrected chi connectivity index (χ0v) is 18.5. The van der Waals surface area contributed by atoms with Gasteiger partial charge < -0.3 is 4.74 Å². The first-order chi connectivity index (χ1) is 14.5. The Labute approximate surface area is 183 Å². The lowest BCUT2D eigenvalue weighted by Crippen LogP contribution is -2.08. The van der Waals surface area contributed by atoms with Gasteiger partial charge in [-0.2, -0.15) is 14.9 Å². The van der Waals surface area contributed by atoms with Crippen LogP contribution in [0.3, 0.4) is 0 Å². The lowest BCUT2D eigenvalue weighted by atomic mass is 10.2. The predicted octanol–water partition coefficient (Wildman–Crippen LogP) is 4.61. The van der Waals surface area contributed by atoms with Crippen molar-refractivity contribution in [3.63, 3.8) is 0 Å². The minimum absolute atomic E-state index is 0.478. The van der Waals surface area contributed by atoms with Crippen molar-refractivity contribution in [3.05, 3.63) is 87.4 Å². The van der Waals surface area contributed by atoms with Crippen LogP contribution in [0.2, 0.25) is 0 Å². The molecule has 2 aromatic carbocycles. The summed E-state index contributed by atoms with van der Waals surface area (Å²) in [5.41, 5.74) is 3.82. The number of rotatable bonds is 6. The van der Waals surface area contributed by atoms with Crippen molar-refractivity contribution >= 4 is 22.1 Å². The molecule has 8 heteroatoms. The Morgan fingerprint density at radius 2 is 1.83 bits per heavy atom. The second-order valence-electron chi connectivity index (χ2n) is 6.90. The van der Waals surface area contributed by atoms with Gasteiger partial charge in [0, 0.05) is 15.7 Å². The molecular weight excluding hydrogens is 444 g/mol. The molecule has 152 valence electrons. The predicted molar refractivity (Wildman–Crippen MR) is 119 cm³/mol. The van der Waals surface area contributed by atoms with Crippen molar-refractivity contribution in [1.29, 1.82) is 0 Å². The van der Waals surface area contributed by atoms with Crippen LogP contribution in [-0.2, 0) is 6.61 Å². The van der Waals surface area contributed by atoms with Gasteiger partial charge >= 0.3 is 0 Å². The van der Waals surface area contributed by atoms with Gasteiger partial charge in [-0.05, 0) is 50.6 Å². The van der Waals surface area contributed by atoms with Crippen LogP contribution in [0.4, 0.5) is 0 Å². The van der Waals surface area contributed by atoms with Crippen LogP contribution in [-0.4, -0.2) is 30.9 Å². The molecule has 0 radical (unpaired) electrons. The largest absolute Gasteiger partial charge is 0.488 e. The molecule has 0 saturated carbocycles. The van der Waals surface area contributed by atoms with Gasteiger partial charge in [0.15, 0.2) is 5.82 Å². The summed E-state index contributed by atoms with van der Waals surface area (Å²) in [5.74, 6) is 1.94. The monoisotopic (exact) mass is 464 g/mol. The first kappa shape index (κ1) is 20.0. The van der Waals surface area contributed by atoms with Crippen molar-refractivity contribution < 1.29 is 4.74 Å². The van der Waals surface area contributed by atoms with Crippen LogP contribution in [0.1, 0.15) is 28.3 Å². The Hall–Kier alpha value is -3.26. The van der Waals surface area contributed by atoms with Crippen molar-refractivity contribution in [3.8, 4) is 11.7 Å². The van der Waals surface area contributed by atoms with Gasteiger partial charge in [-0.25, -0.2) is 4.68 Å². The number of halogens is 1. The topological polar surface area (TPSA) is 70.1 Å². The summed E-state index contributed by atoms with van der Waals surface area (Å²) in [5, 5.41) is 17.5. The molecule has 7 nitrogen and oxygen atoms in total. The molecule has 2 heterocycles. The van der Waals surface area contributed by atoms with Gasteiger partial charge in [-0.1, -0.05) is 46.3 Å². The summed E-state index contributed by atoms with van der Waals surface area (Å²) in [6, 6.07) is 17.9. The minimum Gasteiger partial charge on any atom is -0.488 e. The smallest absolute Gasteiger partial charge is 0.273 e. The van der Waals surface area contributed by atoms with Crippen molar-refractivity contribution in [2.24, 2.45) is 5.10 Å². The van der Waals surface area contributed by atoms with Crippen LogP contribution in [0.5, 0.6) is 5.75 Å². The van der Waals surface area contributed by atoms with Gasteiger partial charge in [0.25, 0.3) is 5.95 Å². The zero-order valence-electron chi connectivity index (χ0n) is 17.0. The average Bonchev–Trinajstić information content (AvgIpc) is 3.27.